The van der Waals surface area contributed by atoms with Gasteiger partial charge in [-0.2, -0.15) is 0 Å². The summed E-state index contributed by atoms with van der Waals surface area (Å²) in [6.07, 6.45) is 23.7. The SMILES string of the molecule is CC(C)(C)c1cccc(P(C2CCCC2)C2CCCC2)c1.COc1ccc(P(C2CCCC2)C2CCCC2)cc1. The number of benzene rings is 2. The van der Waals surface area contributed by atoms with Crippen molar-refractivity contribution in [1.82, 2.24) is 0 Å². The lowest BCUT2D eigenvalue weighted by molar-refractivity contribution is 0.415. The number of hydrogen-bond donors (Lipinski definition) is 0. The molecular weight excluding hydrogens is 522 g/mol. The molecule has 0 saturated heterocycles. The molecule has 0 atom stereocenters. The normalized spacial score (nSPS) is 21.4. The second-order valence-corrected chi connectivity index (χ2v) is 19.6. The fourth-order valence-electron chi connectivity index (χ4n) is 8.06. The van der Waals surface area contributed by atoms with Crippen LogP contribution in [0.1, 0.15) is 129 Å². The van der Waals surface area contributed by atoms with Crippen LogP contribution < -0.4 is 15.3 Å². The molecule has 4 aliphatic rings. The first-order chi connectivity index (χ1) is 19.4. The smallest absolute Gasteiger partial charge is 0.118 e. The van der Waals surface area contributed by atoms with E-state index >= 15 is 0 Å². The average molecular weight is 579 g/mol. The molecule has 0 spiro atoms. The van der Waals surface area contributed by atoms with Crippen LogP contribution in [-0.4, -0.2) is 29.7 Å². The molecule has 0 amide bonds. The van der Waals surface area contributed by atoms with Crippen LogP contribution in [0.15, 0.2) is 48.5 Å². The molecule has 4 aliphatic carbocycles. The van der Waals surface area contributed by atoms with Crippen LogP contribution in [-0.2, 0) is 5.41 Å². The predicted octanol–water partition coefficient (Wildman–Crippen LogP) is 10.7. The van der Waals surface area contributed by atoms with Gasteiger partial charge in [0.15, 0.2) is 0 Å². The highest BCUT2D eigenvalue weighted by Crippen LogP contribution is 2.57. The predicted molar refractivity (Wildman–Crippen MR) is 180 cm³/mol. The van der Waals surface area contributed by atoms with E-state index in [1.807, 2.05) is 0 Å². The van der Waals surface area contributed by atoms with Crippen LogP contribution in [0.5, 0.6) is 5.75 Å². The quantitative estimate of drug-likeness (QED) is 0.297. The zero-order valence-corrected chi connectivity index (χ0v) is 27.8. The summed E-state index contributed by atoms with van der Waals surface area (Å²) in [5.74, 6) is 0.997. The minimum Gasteiger partial charge on any atom is -0.497 e. The summed E-state index contributed by atoms with van der Waals surface area (Å²) in [6.45, 7) is 7.04. The topological polar surface area (TPSA) is 9.23 Å². The van der Waals surface area contributed by atoms with Gasteiger partial charge < -0.3 is 4.74 Å². The van der Waals surface area contributed by atoms with Gasteiger partial charge in [-0.3, -0.25) is 0 Å². The van der Waals surface area contributed by atoms with Crippen molar-refractivity contribution in [3.8, 4) is 5.75 Å². The highest BCUT2D eigenvalue weighted by molar-refractivity contribution is 7.67. The van der Waals surface area contributed by atoms with Gasteiger partial charge in [0.05, 0.1) is 7.11 Å². The molecule has 0 aromatic heterocycles. The Labute approximate surface area is 249 Å². The fraction of sp³-hybridized carbons (Fsp3) is 0.676. The molecule has 2 aromatic carbocycles. The molecule has 6 rings (SSSR count). The minimum absolute atomic E-state index is 0.0690. The third-order valence-corrected chi connectivity index (χ3v) is 17.2. The Hall–Kier alpha value is -0.900. The van der Waals surface area contributed by atoms with Crippen molar-refractivity contribution in [2.24, 2.45) is 0 Å². The van der Waals surface area contributed by atoms with Gasteiger partial charge in [-0.25, -0.2) is 0 Å². The summed E-state index contributed by atoms with van der Waals surface area (Å²) >= 11 is 0. The lowest BCUT2D eigenvalue weighted by Crippen LogP contribution is -2.21. The van der Waals surface area contributed by atoms with Gasteiger partial charge in [0.25, 0.3) is 0 Å². The Morgan fingerprint density at radius 2 is 0.950 bits per heavy atom. The molecule has 0 unspecified atom stereocenters. The summed E-state index contributed by atoms with van der Waals surface area (Å²) in [7, 11) is 1.90. The minimum atomic E-state index is 0.0690. The lowest BCUT2D eigenvalue weighted by atomic mass is 9.87. The molecule has 0 radical (unpaired) electrons. The van der Waals surface area contributed by atoms with Gasteiger partial charge in [0.2, 0.25) is 0 Å². The molecule has 0 heterocycles. The molecule has 4 fully saturated rings. The highest BCUT2D eigenvalue weighted by atomic mass is 31.1. The van der Waals surface area contributed by atoms with E-state index in [2.05, 4.69) is 69.3 Å². The van der Waals surface area contributed by atoms with Crippen LogP contribution in [0.4, 0.5) is 0 Å². The van der Waals surface area contributed by atoms with Crippen molar-refractivity contribution in [1.29, 1.82) is 0 Å². The summed E-state index contributed by atoms with van der Waals surface area (Å²) in [4.78, 5) is 0. The van der Waals surface area contributed by atoms with Crippen LogP contribution in [0.3, 0.4) is 0 Å². The van der Waals surface area contributed by atoms with Crippen molar-refractivity contribution in [3.05, 3.63) is 54.1 Å². The first-order valence-corrected chi connectivity index (χ1v) is 19.7. The van der Waals surface area contributed by atoms with Crippen molar-refractivity contribution >= 4 is 26.5 Å². The molecule has 220 valence electrons. The standard InChI is InChI=1S/C20H31P.C17H25OP/c1-20(2,3)16-9-8-14-19(15-16)21(17-10-4-5-11-17)18-12-6-7-13-18;1-18-14-10-12-17(13-11-14)19(15-6-2-3-7-15)16-8-4-5-9-16/h8-9,14-15,17-18H,4-7,10-13H2,1-3H3;10-13,15-16H,2-9H2,1H3. The van der Waals surface area contributed by atoms with Crippen LogP contribution >= 0.6 is 15.8 Å². The van der Waals surface area contributed by atoms with Gasteiger partial charge in [-0.15, -0.1) is 0 Å². The molecule has 0 N–H and O–H groups in total. The second-order valence-electron chi connectivity index (χ2n) is 14.1. The molecule has 2 aromatic rings. The van der Waals surface area contributed by atoms with E-state index in [1.54, 1.807) is 17.7 Å². The summed E-state index contributed by atoms with van der Waals surface area (Å²) in [5.41, 5.74) is 5.88. The van der Waals surface area contributed by atoms with Gasteiger partial charge in [0.1, 0.15) is 5.75 Å². The van der Waals surface area contributed by atoms with Crippen LogP contribution in [0.2, 0.25) is 0 Å². The highest BCUT2D eigenvalue weighted by Gasteiger charge is 2.35. The van der Waals surface area contributed by atoms with E-state index < -0.39 is 0 Å². The lowest BCUT2D eigenvalue weighted by Gasteiger charge is -2.32. The van der Waals surface area contributed by atoms with Crippen molar-refractivity contribution in [2.45, 2.75) is 152 Å². The number of rotatable bonds is 7. The maximum Gasteiger partial charge on any atom is 0.118 e. The second kappa shape index (κ2) is 14.5. The summed E-state index contributed by atoms with van der Waals surface area (Å²) in [6, 6.07) is 18.7. The number of methoxy groups -OCH3 is 1. The van der Waals surface area contributed by atoms with E-state index in [0.717, 1.165) is 28.4 Å². The zero-order valence-electron chi connectivity index (χ0n) is 26.0. The van der Waals surface area contributed by atoms with Crippen molar-refractivity contribution in [2.75, 3.05) is 7.11 Å². The summed E-state index contributed by atoms with van der Waals surface area (Å²) in [5, 5.41) is 3.35. The van der Waals surface area contributed by atoms with Crippen LogP contribution in [0, 0.1) is 0 Å². The fourth-order valence-corrected chi connectivity index (χ4v) is 15.7. The van der Waals surface area contributed by atoms with Gasteiger partial charge >= 0.3 is 0 Å². The Bertz CT molecular complexity index is 985. The van der Waals surface area contributed by atoms with E-state index in [9.17, 15) is 0 Å². The van der Waals surface area contributed by atoms with Gasteiger partial charge in [-0.05, 0) is 108 Å². The van der Waals surface area contributed by atoms with Crippen molar-refractivity contribution < 1.29 is 4.74 Å². The first kappa shape index (κ1) is 30.6. The molecular formula is C37H56OP2. The maximum atomic E-state index is 5.31. The molecule has 1 nitrogen and oxygen atoms in total. The Kier molecular flexibility index (Phi) is 11.1. The first-order valence-electron chi connectivity index (χ1n) is 16.8. The van der Waals surface area contributed by atoms with E-state index in [1.165, 1.54) is 108 Å². The largest absolute Gasteiger partial charge is 0.497 e. The molecule has 0 aliphatic heterocycles. The third kappa shape index (κ3) is 7.73. The third-order valence-electron chi connectivity index (χ3n) is 10.3. The zero-order chi connectivity index (χ0) is 28.0. The molecule has 3 heteroatoms. The van der Waals surface area contributed by atoms with E-state index in [4.69, 9.17) is 4.74 Å². The van der Waals surface area contributed by atoms with Gasteiger partial charge in [0, 0.05) is 0 Å². The maximum absolute atomic E-state index is 5.31. The number of ether oxygens (including phenoxy) is 1. The van der Waals surface area contributed by atoms with Gasteiger partial charge in [-0.1, -0.05) is 124 Å². The van der Waals surface area contributed by atoms with E-state index in [-0.39, 0.29) is 21.3 Å². The number of hydrogen-bond acceptors (Lipinski definition) is 1. The van der Waals surface area contributed by atoms with E-state index in [0.29, 0.717) is 0 Å². The Balaban J connectivity index is 0.000000162. The van der Waals surface area contributed by atoms with Crippen LogP contribution in [0.25, 0.3) is 0 Å². The monoisotopic (exact) mass is 578 g/mol. The van der Waals surface area contributed by atoms with Crippen molar-refractivity contribution in [3.63, 3.8) is 0 Å². The average Bonchev–Trinajstić information content (AvgIpc) is 3.79. The molecule has 4 saturated carbocycles. The molecule has 0 bridgehead atoms. The molecule has 40 heavy (non-hydrogen) atoms. The summed E-state index contributed by atoms with van der Waals surface area (Å²) < 4.78 is 5.31. The Morgan fingerprint density at radius 1 is 0.550 bits per heavy atom. The Morgan fingerprint density at radius 3 is 1.32 bits per heavy atom.